The van der Waals surface area contributed by atoms with Gasteiger partial charge in [0.05, 0.1) is 11.6 Å². The number of sulfonamides is 1. The van der Waals surface area contributed by atoms with Crippen molar-refractivity contribution >= 4 is 27.5 Å². The molecule has 0 saturated carbocycles. The molecular formula is C13H16ClN3O3S. The van der Waals surface area contributed by atoms with E-state index in [1.165, 1.54) is 25.1 Å². The fourth-order valence-electron chi connectivity index (χ4n) is 1.62. The van der Waals surface area contributed by atoms with E-state index in [4.69, 9.17) is 23.1 Å². The number of nitrogens with one attached hydrogen (secondary N) is 1. The van der Waals surface area contributed by atoms with Gasteiger partial charge >= 0.3 is 0 Å². The van der Waals surface area contributed by atoms with Crippen molar-refractivity contribution in [2.24, 2.45) is 11.5 Å². The van der Waals surface area contributed by atoms with Crippen LogP contribution < -0.4 is 16.2 Å². The monoisotopic (exact) mass is 329 g/mol. The number of primary amides is 1. The van der Waals surface area contributed by atoms with Crippen LogP contribution in [-0.2, 0) is 14.8 Å². The second-order valence-electron chi connectivity index (χ2n) is 4.34. The highest BCUT2D eigenvalue weighted by Gasteiger charge is 2.21. The highest BCUT2D eigenvalue weighted by molar-refractivity contribution is 7.89. The fraction of sp³-hybridized carbons (Fsp3) is 0.308. The van der Waals surface area contributed by atoms with Crippen LogP contribution >= 0.6 is 11.6 Å². The Morgan fingerprint density at radius 3 is 2.67 bits per heavy atom. The summed E-state index contributed by atoms with van der Waals surface area (Å²) in [5.74, 6) is 4.81. The first-order valence-electron chi connectivity index (χ1n) is 6.05. The molecular weight excluding hydrogens is 314 g/mol. The van der Waals surface area contributed by atoms with E-state index in [0.29, 0.717) is 5.56 Å². The molecule has 0 saturated heterocycles. The number of halogens is 1. The minimum atomic E-state index is -3.84. The SMILES string of the molecule is CC(CC(N)=O)NS(=O)(=O)c1ccc(C#CCN)cc1Cl. The van der Waals surface area contributed by atoms with Crippen molar-refractivity contribution in [2.45, 2.75) is 24.3 Å². The first-order valence-corrected chi connectivity index (χ1v) is 7.91. The molecule has 1 rings (SSSR count). The Kier molecular flexibility index (Phi) is 6.18. The topological polar surface area (TPSA) is 115 Å². The molecule has 21 heavy (non-hydrogen) atoms. The number of rotatable bonds is 5. The lowest BCUT2D eigenvalue weighted by Crippen LogP contribution is -2.35. The summed E-state index contributed by atoms with van der Waals surface area (Å²) >= 11 is 5.97. The van der Waals surface area contributed by atoms with E-state index in [0.717, 1.165) is 0 Å². The predicted octanol–water partition coefficient (Wildman–Crippen LogP) is 0.192. The van der Waals surface area contributed by atoms with E-state index in [2.05, 4.69) is 16.6 Å². The van der Waals surface area contributed by atoms with E-state index < -0.39 is 22.0 Å². The Morgan fingerprint density at radius 2 is 2.14 bits per heavy atom. The van der Waals surface area contributed by atoms with Gasteiger partial charge in [0, 0.05) is 18.0 Å². The van der Waals surface area contributed by atoms with Gasteiger partial charge in [-0.2, -0.15) is 0 Å². The van der Waals surface area contributed by atoms with Gasteiger partial charge in [-0.05, 0) is 25.1 Å². The van der Waals surface area contributed by atoms with Crippen LogP contribution in [-0.4, -0.2) is 26.9 Å². The molecule has 0 aliphatic carbocycles. The fourth-order valence-corrected chi connectivity index (χ4v) is 3.41. The summed E-state index contributed by atoms with van der Waals surface area (Å²) in [6.07, 6.45) is -0.100. The molecule has 0 radical (unpaired) electrons. The molecule has 5 N–H and O–H groups in total. The third-order valence-corrected chi connectivity index (χ3v) is 4.49. The summed E-state index contributed by atoms with van der Waals surface area (Å²) in [5, 5.41) is 0.0394. The van der Waals surface area contributed by atoms with Crippen molar-refractivity contribution in [3.8, 4) is 11.8 Å². The van der Waals surface area contributed by atoms with E-state index >= 15 is 0 Å². The van der Waals surface area contributed by atoms with Crippen LogP contribution in [0.15, 0.2) is 23.1 Å². The molecule has 0 spiro atoms. The first kappa shape index (κ1) is 17.5. The molecule has 8 heteroatoms. The standard InChI is InChI=1S/C13H16ClN3O3S/c1-9(7-13(16)18)17-21(19,20)12-5-4-10(3-2-6-15)8-11(12)14/h4-5,8-9,17H,6-7,15H2,1H3,(H2,16,18). The highest BCUT2D eigenvalue weighted by Crippen LogP contribution is 2.22. The number of nitrogens with two attached hydrogens (primary N) is 2. The van der Waals surface area contributed by atoms with Gasteiger partial charge < -0.3 is 11.5 Å². The highest BCUT2D eigenvalue weighted by atomic mass is 35.5. The van der Waals surface area contributed by atoms with Gasteiger partial charge in [-0.3, -0.25) is 4.79 Å². The molecule has 1 aromatic carbocycles. The number of carbonyl (C=O) groups excluding carboxylic acids is 1. The smallest absolute Gasteiger partial charge is 0.242 e. The van der Waals surface area contributed by atoms with Crippen molar-refractivity contribution < 1.29 is 13.2 Å². The number of carbonyl (C=O) groups is 1. The Morgan fingerprint density at radius 1 is 1.48 bits per heavy atom. The third kappa shape index (κ3) is 5.36. The quantitative estimate of drug-likeness (QED) is 0.669. The Balaban J connectivity index is 3.01. The summed E-state index contributed by atoms with van der Waals surface area (Å²) in [6.45, 7) is 1.74. The lowest BCUT2D eigenvalue weighted by molar-refractivity contribution is -0.118. The summed E-state index contributed by atoms with van der Waals surface area (Å²) in [6, 6.07) is 3.70. The van der Waals surface area contributed by atoms with Crippen LogP contribution in [0.4, 0.5) is 0 Å². The molecule has 0 bridgehead atoms. The van der Waals surface area contributed by atoms with Crippen molar-refractivity contribution in [3.05, 3.63) is 28.8 Å². The number of amides is 1. The summed E-state index contributed by atoms with van der Waals surface area (Å²) < 4.78 is 26.7. The maximum atomic E-state index is 12.2. The van der Waals surface area contributed by atoms with Crippen LogP contribution in [0.3, 0.4) is 0 Å². The largest absolute Gasteiger partial charge is 0.370 e. The van der Waals surface area contributed by atoms with Gasteiger partial charge in [0.2, 0.25) is 15.9 Å². The van der Waals surface area contributed by atoms with Crippen molar-refractivity contribution in [1.29, 1.82) is 0 Å². The summed E-state index contributed by atoms with van der Waals surface area (Å²) in [4.78, 5) is 10.7. The van der Waals surface area contributed by atoms with E-state index in [-0.39, 0.29) is 22.9 Å². The van der Waals surface area contributed by atoms with Crippen LogP contribution in [0, 0.1) is 11.8 Å². The van der Waals surface area contributed by atoms with Crippen LogP contribution in [0.1, 0.15) is 18.9 Å². The average Bonchev–Trinajstić information content (AvgIpc) is 2.34. The molecule has 1 atom stereocenters. The molecule has 0 aliphatic rings. The number of hydrogen-bond acceptors (Lipinski definition) is 4. The second-order valence-corrected chi connectivity index (χ2v) is 6.43. The molecule has 0 fully saturated rings. The Hall–Kier alpha value is -1.59. The van der Waals surface area contributed by atoms with Gasteiger partial charge in [0.15, 0.2) is 0 Å². The summed E-state index contributed by atoms with van der Waals surface area (Å²) in [5.41, 5.74) is 10.8. The minimum absolute atomic E-state index is 0.0394. The Labute approximate surface area is 128 Å². The molecule has 0 heterocycles. The molecule has 1 aromatic rings. The van der Waals surface area contributed by atoms with Gasteiger partial charge in [-0.25, -0.2) is 13.1 Å². The molecule has 1 amide bonds. The third-order valence-electron chi connectivity index (χ3n) is 2.42. The zero-order valence-electron chi connectivity index (χ0n) is 11.4. The van der Waals surface area contributed by atoms with Crippen LogP contribution in [0.25, 0.3) is 0 Å². The summed E-state index contributed by atoms with van der Waals surface area (Å²) in [7, 11) is -3.84. The Bertz CT molecular complexity index is 692. The normalized spacial score (nSPS) is 12.3. The van der Waals surface area contributed by atoms with Crippen molar-refractivity contribution in [3.63, 3.8) is 0 Å². The number of hydrogen-bond donors (Lipinski definition) is 3. The lowest BCUT2D eigenvalue weighted by Gasteiger charge is -2.13. The van der Waals surface area contributed by atoms with Crippen LogP contribution in [0.5, 0.6) is 0 Å². The van der Waals surface area contributed by atoms with E-state index in [1.54, 1.807) is 0 Å². The number of benzene rings is 1. The van der Waals surface area contributed by atoms with Crippen molar-refractivity contribution in [2.75, 3.05) is 6.54 Å². The second kappa shape index (κ2) is 7.43. The minimum Gasteiger partial charge on any atom is -0.370 e. The molecule has 0 aromatic heterocycles. The van der Waals surface area contributed by atoms with Gasteiger partial charge in [-0.15, -0.1) is 0 Å². The molecule has 0 aliphatic heterocycles. The van der Waals surface area contributed by atoms with E-state index in [1.807, 2.05) is 0 Å². The average molecular weight is 330 g/mol. The first-order chi connectivity index (χ1) is 9.76. The van der Waals surface area contributed by atoms with Crippen molar-refractivity contribution in [1.82, 2.24) is 4.72 Å². The predicted molar refractivity (Wildman–Crippen MR) is 81.0 cm³/mol. The van der Waals surface area contributed by atoms with Gasteiger partial charge in [-0.1, -0.05) is 23.4 Å². The molecule has 1 unspecified atom stereocenters. The van der Waals surface area contributed by atoms with Crippen LogP contribution in [0.2, 0.25) is 5.02 Å². The zero-order chi connectivity index (χ0) is 16.0. The lowest BCUT2D eigenvalue weighted by atomic mass is 10.2. The van der Waals surface area contributed by atoms with Gasteiger partial charge in [0.1, 0.15) is 4.90 Å². The zero-order valence-corrected chi connectivity index (χ0v) is 13.0. The van der Waals surface area contributed by atoms with E-state index in [9.17, 15) is 13.2 Å². The maximum absolute atomic E-state index is 12.2. The maximum Gasteiger partial charge on any atom is 0.242 e. The molecule has 6 nitrogen and oxygen atoms in total. The molecule has 114 valence electrons. The van der Waals surface area contributed by atoms with Gasteiger partial charge in [0.25, 0.3) is 0 Å².